The third-order valence-corrected chi connectivity index (χ3v) is 9.10. The van der Waals surface area contributed by atoms with Crippen molar-refractivity contribution >= 4 is 6.34 Å². The maximum atomic E-state index is 4.48. The van der Waals surface area contributed by atoms with Gasteiger partial charge in [-0.15, -0.1) is 0 Å². The third-order valence-electron chi connectivity index (χ3n) is 9.10. The average Bonchev–Trinajstić information content (AvgIpc) is 3.42. The Labute approximate surface area is 247 Å². The average molecular weight is 546 g/mol. The SMILES string of the molecule is CCCCCCCCCCCCCCCCC[N+]1(CCCCCCCCCCCCCCCCC)C=CN=C1. The van der Waals surface area contributed by atoms with Gasteiger partial charge in [-0.3, -0.25) is 4.48 Å². The molecule has 0 bridgehead atoms. The highest BCUT2D eigenvalue weighted by molar-refractivity contribution is 5.50. The number of quaternary nitrogens is 1. The molecule has 0 radical (unpaired) electrons. The van der Waals surface area contributed by atoms with Crippen molar-refractivity contribution in [3.8, 4) is 0 Å². The predicted octanol–water partition coefficient (Wildman–Crippen LogP) is 13.1. The van der Waals surface area contributed by atoms with Crippen LogP contribution in [0.4, 0.5) is 0 Å². The zero-order valence-corrected chi connectivity index (χ0v) is 27.3. The Kier molecular flexibility index (Phi) is 27.0. The maximum Gasteiger partial charge on any atom is 0.194 e. The van der Waals surface area contributed by atoms with E-state index in [9.17, 15) is 0 Å². The van der Waals surface area contributed by atoms with Crippen molar-refractivity contribution in [2.45, 2.75) is 206 Å². The van der Waals surface area contributed by atoms with Gasteiger partial charge in [0.25, 0.3) is 0 Å². The van der Waals surface area contributed by atoms with E-state index in [0.29, 0.717) is 0 Å². The predicted molar refractivity (Wildman–Crippen MR) is 177 cm³/mol. The first kappa shape index (κ1) is 36.4. The van der Waals surface area contributed by atoms with Crippen molar-refractivity contribution in [2.75, 3.05) is 13.1 Å². The van der Waals surface area contributed by atoms with Gasteiger partial charge in [-0.05, 0) is 25.7 Å². The molecule has 0 saturated heterocycles. The Balaban J connectivity index is 1.87. The van der Waals surface area contributed by atoms with Crippen LogP contribution in [0.2, 0.25) is 0 Å². The molecule has 1 aliphatic heterocycles. The zero-order valence-electron chi connectivity index (χ0n) is 27.3. The van der Waals surface area contributed by atoms with E-state index in [4.69, 9.17) is 0 Å². The first-order valence-electron chi connectivity index (χ1n) is 18.4. The van der Waals surface area contributed by atoms with Crippen LogP contribution in [0.1, 0.15) is 206 Å². The molecule has 1 heterocycles. The van der Waals surface area contributed by atoms with Gasteiger partial charge in [0.1, 0.15) is 6.20 Å². The summed E-state index contributed by atoms with van der Waals surface area (Å²) in [5, 5.41) is 0. The van der Waals surface area contributed by atoms with Crippen LogP contribution in [0.15, 0.2) is 17.4 Å². The Morgan fingerprint density at radius 2 is 0.615 bits per heavy atom. The van der Waals surface area contributed by atoms with Crippen LogP contribution in [0.25, 0.3) is 0 Å². The summed E-state index contributed by atoms with van der Waals surface area (Å²) in [6, 6.07) is 0. The Morgan fingerprint density at radius 1 is 0.359 bits per heavy atom. The minimum Gasteiger partial charge on any atom is -0.254 e. The van der Waals surface area contributed by atoms with Gasteiger partial charge >= 0.3 is 0 Å². The molecule has 0 N–H and O–H groups in total. The molecular weight excluding hydrogens is 472 g/mol. The van der Waals surface area contributed by atoms with Crippen molar-refractivity contribution in [3.63, 3.8) is 0 Å². The summed E-state index contributed by atoms with van der Waals surface area (Å²) in [4.78, 5) is 4.48. The zero-order chi connectivity index (χ0) is 28.0. The normalized spacial score (nSPS) is 14.1. The lowest BCUT2D eigenvalue weighted by Gasteiger charge is -2.27. The van der Waals surface area contributed by atoms with Crippen LogP contribution in [0.5, 0.6) is 0 Å². The fourth-order valence-electron chi connectivity index (χ4n) is 6.31. The number of aliphatic imine (C=N–C) groups is 1. The van der Waals surface area contributed by atoms with Gasteiger partial charge in [0.15, 0.2) is 6.34 Å². The number of rotatable bonds is 32. The topological polar surface area (TPSA) is 12.4 Å². The van der Waals surface area contributed by atoms with Crippen LogP contribution in [0.3, 0.4) is 0 Å². The summed E-state index contributed by atoms with van der Waals surface area (Å²) < 4.78 is 1.02. The molecule has 0 spiro atoms. The quantitative estimate of drug-likeness (QED) is 0.0588. The van der Waals surface area contributed by atoms with E-state index < -0.39 is 0 Å². The smallest absolute Gasteiger partial charge is 0.194 e. The van der Waals surface area contributed by atoms with Crippen molar-refractivity contribution in [3.05, 3.63) is 12.4 Å². The highest BCUT2D eigenvalue weighted by Crippen LogP contribution is 2.19. The van der Waals surface area contributed by atoms with Gasteiger partial charge in [-0.1, -0.05) is 181 Å². The molecule has 2 nitrogen and oxygen atoms in total. The van der Waals surface area contributed by atoms with Crippen molar-refractivity contribution in [2.24, 2.45) is 4.99 Å². The molecule has 0 saturated carbocycles. The fourth-order valence-corrected chi connectivity index (χ4v) is 6.31. The Hall–Kier alpha value is -0.630. The molecule has 2 heteroatoms. The minimum atomic E-state index is 1.02. The van der Waals surface area contributed by atoms with Crippen molar-refractivity contribution in [1.82, 2.24) is 0 Å². The van der Waals surface area contributed by atoms with E-state index in [1.165, 1.54) is 206 Å². The van der Waals surface area contributed by atoms with Gasteiger partial charge in [0, 0.05) is 0 Å². The summed E-state index contributed by atoms with van der Waals surface area (Å²) in [5.41, 5.74) is 0. The molecular formula is C37H73N2+. The molecule has 230 valence electrons. The van der Waals surface area contributed by atoms with Crippen molar-refractivity contribution in [1.29, 1.82) is 0 Å². The summed E-state index contributed by atoms with van der Waals surface area (Å²) in [7, 11) is 0. The molecule has 0 aromatic heterocycles. The second-order valence-corrected chi connectivity index (χ2v) is 13.0. The highest BCUT2D eigenvalue weighted by atomic mass is 15.4. The molecule has 0 aromatic rings. The van der Waals surface area contributed by atoms with E-state index in [-0.39, 0.29) is 0 Å². The number of hydrogen-bond acceptors (Lipinski definition) is 1. The summed E-state index contributed by atoms with van der Waals surface area (Å²) >= 11 is 0. The van der Waals surface area contributed by atoms with Crippen LogP contribution < -0.4 is 0 Å². The largest absolute Gasteiger partial charge is 0.254 e. The fraction of sp³-hybridized carbons (Fsp3) is 0.919. The molecule has 0 amide bonds. The lowest BCUT2D eigenvalue weighted by Crippen LogP contribution is -2.41. The first-order valence-corrected chi connectivity index (χ1v) is 18.4. The van der Waals surface area contributed by atoms with E-state index in [0.717, 1.165) is 4.48 Å². The minimum absolute atomic E-state index is 1.02. The third kappa shape index (κ3) is 23.7. The van der Waals surface area contributed by atoms with Gasteiger partial charge in [-0.2, -0.15) is 0 Å². The van der Waals surface area contributed by atoms with E-state index >= 15 is 0 Å². The van der Waals surface area contributed by atoms with Crippen LogP contribution in [-0.2, 0) is 0 Å². The molecule has 1 aliphatic rings. The Morgan fingerprint density at radius 3 is 0.846 bits per heavy atom. The number of hydrogen-bond donors (Lipinski definition) is 0. The van der Waals surface area contributed by atoms with E-state index in [1.807, 2.05) is 6.20 Å². The lowest BCUT2D eigenvalue weighted by molar-refractivity contribution is -0.780. The Bertz CT molecular complexity index is 490. The van der Waals surface area contributed by atoms with Crippen LogP contribution >= 0.6 is 0 Å². The molecule has 39 heavy (non-hydrogen) atoms. The van der Waals surface area contributed by atoms with Crippen molar-refractivity contribution < 1.29 is 4.48 Å². The molecule has 0 aliphatic carbocycles. The lowest BCUT2D eigenvalue weighted by atomic mass is 10.0. The monoisotopic (exact) mass is 546 g/mol. The van der Waals surface area contributed by atoms with Gasteiger partial charge in [-0.25, -0.2) is 4.99 Å². The molecule has 0 aromatic carbocycles. The van der Waals surface area contributed by atoms with Gasteiger partial charge in [0.2, 0.25) is 0 Å². The van der Waals surface area contributed by atoms with Crippen LogP contribution in [0, 0.1) is 0 Å². The maximum absolute atomic E-state index is 4.48. The molecule has 0 fully saturated rings. The van der Waals surface area contributed by atoms with Gasteiger partial charge in [0.05, 0.1) is 19.3 Å². The second kappa shape index (κ2) is 28.9. The molecule has 0 unspecified atom stereocenters. The van der Waals surface area contributed by atoms with E-state index in [1.54, 1.807) is 0 Å². The first-order chi connectivity index (χ1) is 19.3. The summed E-state index contributed by atoms with van der Waals surface area (Å²) in [6.07, 6.45) is 49.9. The standard InChI is InChI=1S/C37H73N2/c1-3-5-7-9-11-13-15-17-19-21-23-25-27-29-31-34-39(36-33-38-37-39)35-32-30-28-26-24-22-20-18-16-14-12-10-8-6-4-2/h33,36-37H,3-32,34-35H2,1-2H3/q+1. The van der Waals surface area contributed by atoms with E-state index in [2.05, 4.69) is 31.4 Å². The second-order valence-electron chi connectivity index (χ2n) is 13.0. The van der Waals surface area contributed by atoms with Gasteiger partial charge < -0.3 is 0 Å². The summed E-state index contributed by atoms with van der Waals surface area (Å²) in [5.74, 6) is 0. The number of nitrogens with zero attached hydrogens (tertiary/aromatic N) is 2. The molecule has 1 rings (SSSR count). The molecule has 0 atom stereocenters. The highest BCUT2D eigenvalue weighted by Gasteiger charge is 2.24. The summed E-state index contributed by atoms with van der Waals surface area (Å²) in [6.45, 7) is 7.13. The van der Waals surface area contributed by atoms with Crippen LogP contribution in [-0.4, -0.2) is 23.9 Å². The number of unbranched alkanes of at least 4 members (excludes halogenated alkanes) is 28.